The second-order valence-corrected chi connectivity index (χ2v) is 3.37. The van der Waals surface area contributed by atoms with Gasteiger partial charge < -0.3 is 0 Å². The summed E-state index contributed by atoms with van der Waals surface area (Å²) in [7, 11) is 0. The summed E-state index contributed by atoms with van der Waals surface area (Å²) in [5.41, 5.74) is 0.971. The van der Waals surface area contributed by atoms with Crippen molar-refractivity contribution in [1.82, 2.24) is 0 Å². The molecule has 1 heterocycles. The minimum absolute atomic E-state index is 0.800. The van der Waals surface area contributed by atoms with Crippen LogP contribution >= 0.6 is 11.3 Å². The molecular formula is C10H10OS. The number of rotatable bonds is 3. The molecule has 0 aliphatic heterocycles. The maximum absolute atomic E-state index is 10.1. The molecular weight excluding hydrogens is 168 g/mol. The van der Waals surface area contributed by atoms with Crippen LogP contribution in [0.1, 0.15) is 11.8 Å². The number of carbonyl (C=O) groups excluding carboxylic acids is 1. The predicted octanol–water partition coefficient (Wildman–Crippen LogP) is 2.91. The molecule has 1 rings (SSSR count). The van der Waals surface area contributed by atoms with E-state index in [0.29, 0.717) is 0 Å². The minimum atomic E-state index is 0.800. The lowest BCUT2D eigenvalue weighted by atomic mass is 10.2. The van der Waals surface area contributed by atoms with Gasteiger partial charge in [-0.2, -0.15) is 0 Å². The van der Waals surface area contributed by atoms with Gasteiger partial charge in [0.15, 0.2) is 0 Å². The quantitative estimate of drug-likeness (QED) is 0.395. The smallest absolute Gasteiger partial charge is 0.143 e. The van der Waals surface area contributed by atoms with Crippen molar-refractivity contribution < 1.29 is 4.79 Å². The van der Waals surface area contributed by atoms with Crippen molar-refractivity contribution in [2.24, 2.45) is 0 Å². The van der Waals surface area contributed by atoms with Gasteiger partial charge in [0.2, 0.25) is 0 Å². The van der Waals surface area contributed by atoms with Crippen molar-refractivity contribution in [3.8, 4) is 0 Å². The van der Waals surface area contributed by atoms with Gasteiger partial charge in [0.05, 0.1) is 0 Å². The fourth-order valence-corrected chi connectivity index (χ4v) is 1.38. The Morgan fingerprint density at radius 3 is 3.00 bits per heavy atom. The van der Waals surface area contributed by atoms with E-state index in [1.54, 1.807) is 17.4 Å². The molecule has 0 N–H and O–H groups in total. The zero-order valence-corrected chi connectivity index (χ0v) is 7.67. The molecule has 0 amide bonds. The monoisotopic (exact) mass is 178 g/mol. The maximum atomic E-state index is 10.1. The molecule has 0 saturated carbocycles. The Kier molecular flexibility index (Phi) is 3.48. The second kappa shape index (κ2) is 4.67. The summed E-state index contributed by atoms with van der Waals surface area (Å²) in [6.45, 7) is 1.90. The molecule has 0 fully saturated rings. The number of carbonyl (C=O) groups is 1. The van der Waals surface area contributed by atoms with Gasteiger partial charge in [-0.15, -0.1) is 11.3 Å². The van der Waals surface area contributed by atoms with Gasteiger partial charge in [-0.05, 0) is 36.1 Å². The molecule has 0 aliphatic carbocycles. The van der Waals surface area contributed by atoms with Gasteiger partial charge in [0, 0.05) is 4.88 Å². The molecule has 0 radical (unpaired) electrons. The van der Waals surface area contributed by atoms with Crippen LogP contribution in [0.25, 0.3) is 6.08 Å². The highest BCUT2D eigenvalue weighted by atomic mass is 32.1. The lowest BCUT2D eigenvalue weighted by Gasteiger charge is -1.85. The first kappa shape index (κ1) is 8.94. The lowest BCUT2D eigenvalue weighted by molar-refractivity contribution is -0.104. The summed E-state index contributed by atoms with van der Waals surface area (Å²) in [6.07, 6.45) is 6.28. The van der Waals surface area contributed by atoms with Gasteiger partial charge in [-0.3, -0.25) is 4.79 Å². The van der Waals surface area contributed by atoms with Crippen LogP contribution in [-0.2, 0) is 4.79 Å². The fourth-order valence-electron chi connectivity index (χ4n) is 0.763. The van der Waals surface area contributed by atoms with Gasteiger partial charge in [0.1, 0.15) is 6.29 Å². The average molecular weight is 178 g/mol. The van der Waals surface area contributed by atoms with Crippen LogP contribution < -0.4 is 0 Å². The van der Waals surface area contributed by atoms with Crippen LogP contribution in [0.2, 0.25) is 0 Å². The number of aldehydes is 1. The highest BCUT2D eigenvalue weighted by Gasteiger charge is 1.85. The van der Waals surface area contributed by atoms with Crippen LogP contribution in [-0.4, -0.2) is 6.29 Å². The predicted molar refractivity (Wildman–Crippen MR) is 53.2 cm³/mol. The van der Waals surface area contributed by atoms with Crippen molar-refractivity contribution in [3.63, 3.8) is 0 Å². The van der Waals surface area contributed by atoms with E-state index in [2.05, 4.69) is 0 Å². The van der Waals surface area contributed by atoms with Crippen LogP contribution in [0.15, 0.2) is 35.2 Å². The third-order valence-electron chi connectivity index (χ3n) is 1.38. The Hall–Kier alpha value is -1.15. The molecule has 0 bridgehead atoms. The fraction of sp³-hybridized carbons (Fsp3) is 0.100. The minimum Gasteiger partial charge on any atom is -0.299 e. The van der Waals surface area contributed by atoms with E-state index in [9.17, 15) is 4.79 Å². The number of hydrogen-bond acceptors (Lipinski definition) is 2. The molecule has 1 aromatic heterocycles. The zero-order valence-electron chi connectivity index (χ0n) is 6.86. The van der Waals surface area contributed by atoms with Gasteiger partial charge in [0.25, 0.3) is 0 Å². The van der Waals surface area contributed by atoms with E-state index >= 15 is 0 Å². The zero-order chi connectivity index (χ0) is 8.81. The molecule has 0 aliphatic rings. The molecule has 1 nitrogen and oxygen atoms in total. The molecule has 62 valence electrons. The topological polar surface area (TPSA) is 17.1 Å². The average Bonchev–Trinajstić information content (AvgIpc) is 2.53. The number of thiophene rings is 1. The normalized spacial score (nSPS) is 12.2. The van der Waals surface area contributed by atoms with Crippen molar-refractivity contribution in [1.29, 1.82) is 0 Å². The third-order valence-corrected chi connectivity index (χ3v) is 2.22. The Balaban J connectivity index is 2.62. The second-order valence-electron chi connectivity index (χ2n) is 2.40. The third kappa shape index (κ3) is 2.84. The van der Waals surface area contributed by atoms with Crippen LogP contribution in [0.5, 0.6) is 0 Å². The summed E-state index contributed by atoms with van der Waals surface area (Å²) in [4.78, 5) is 11.3. The van der Waals surface area contributed by atoms with Crippen molar-refractivity contribution in [3.05, 3.63) is 40.1 Å². The number of hydrogen-bond donors (Lipinski definition) is 0. The van der Waals surface area contributed by atoms with Crippen molar-refractivity contribution in [2.75, 3.05) is 0 Å². The lowest BCUT2D eigenvalue weighted by Crippen LogP contribution is -1.68. The Labute approximate surface area is 76.0 Å². The molecule has 0 saturated heterocycles. The van der Waals surface area contributed by atoms with Crippen LogP contribution in [0.3, 0.4) is 0 Å². The molecule has 12 heavy (non-hydrogen) atoms. The molecule has 0 aromatic carbocycles. The van der Waals surface area contributed by atoms with E-state index in [1.165, 1.54) is 4.88 Å². The van der Waals surface area contributed by atoms with Gasteiger partial charge >= 0.3 is 0 Å². The standard InChI is InChI=1S/C10H10OS/c1-9(6-7-11)4-5-10-3-2-8-12-10/h2-8H,1H3. The maximum Gasteiger partial charge on any atom is 0.143 e. The van der Waals surface area contributed by atoms with E-state index in [-0.39, 0.29) is 0 Å². The Bertz CT molecular complexity index is 294. The van der Waals surface area contributed by atoms with Crippen molar-refractivity contribution in [2.45, 2.75) is 6.92 Å². The summed E-state index contributed by atoms with van der Waals surface area (Å²) < 4.78 is 0. The summed E-state index contributed by atoms with van der Waals surface area (Å²) in [5, 5.41) is 2.03. The SMILES string of the molecule is CC(C=Cc1cccs1)=CC=O. The van der Waals surface area contributed by atoms with Crippen LogP contribution in [0.4, 0.5) is 0 Å². The Morgan fingerprint density at radius 1 is 1.58 bits per heavy atom. The van der Waals surface area contributed by atoms with Gasteiger partial charge in [-0.1, -0.05) is 12.1 Å². The first-order valence-electron chi connectivity index (χ1n) is 3.66. The molecule has 0 unspecified atom stereocenters. The van der Waals surface area contributed by atoms with E-state index in [0.717, 1.165) is 11.9 Å². The van der Waals surface area contributed by atoms with E-state index < -0.39 is 0 Å². The highest BCUT2D eigenvalue weighted by molar-refractivity contribution is 7.10. The first-order valence-corrected chi connectivity index (χ1v) is 4.54. The first-order chi connectivity index (χ1) is 5.83. The largest absolute Gasteiger partial charge is 0.299 e. The molecule has 0 spiro atoms. The molecule has 1 aromatic rings. The van der Waals surface area contributed by atoms with Crippen molar-refractivity contribution >= 4 is 23.7 Å². The van der Waals surface area contributed by atoms with E-state index in [4.69, 9.17) is 0 Å². The molecule has 0 atom stereocenters. The summed E-state index contributed by atoms with van der Waals surface area (Å²) in [6, 6.07) is 4.04. The van der Waals surface area contributed by atoms with E-state index in [1.807, 2.05) is 36.6 Å². The Morgan fingerprint density at radius 2 is 2.42 bits per heavy atom. The highest BCUT2D eigenvalue weighted by Crippen LogP contribution is 2.11. The summed E-state index contributed by atoms with van der Waals surface area (Å²) >= 11 is 1.68. The van der Waals surface area contributed by atoms with Gasteiger partial charge in [-0.25, -0.2) is 0 Å². The number of allylic oxidation sites excluding steroid dienone is 3. The molecule has 2 heteroatoms. The van der Waals surface area contributed by atoms with Crippen LogP contribution in [0, 0.1) is 0 Å². The summed E-state index contributed by atoms with van der Waals surface area (Å²) in [5.74, 6) is 0.